The number of rotatable bonds is 5. The summed E-state index contributed by atoms with van der Waals surface area (Å²) in [6, 6.07) is 6.56. The molecule has 0 heterocycles. The van der Waals surface area contributed by atoms with E-state index in [2.05, 4.69) is 48.6 Å². The van der Waals surface area contributed by atoms with Crippen LogP contribution in [0.5, 0.6) is 0 Å². The van der Waals surface area contributed by atoms with Crippen LogP contribution >= 0.6 is 27.5 Å². The Morgan fingerprint density at radius 3 is 2.39 bits per heavy atom. The van der Waals surface area contributed by atoms with Crippen molar-refractivity contribution in [2.45, 2.75) is 32.9 Å². The van der Waals surface area contributed by atoms with E-state index in [0.29, 0.717) is 18.5 Å². The van der Waals surface area contributed by atoms with E-state index in [0.717, 1.165) is 9.50 Å². The first kappa shape index (κ1) is 16.0. The van der Waals surface area contributed by atoms with Gasteiger partial charge in [-0.2, -0.15) is 0 Å². The average Bonchev–Trinajstić information content (AvgIpc) is 2.31. The Morgan fingerprint density at radius 2 is 1.94 bits per heavy atom. The van der Waals surface area contributed by atoms with Crippen LogP contribution in [0.1, 0.15) is 32.4 Å². The molecule has 0 saturated carbocycles. The summed E-state index contributed by atoms with van der Waals surface area (Å²) in [5, 5.41) is 0.737. The molecule has 18 heavy (non-hydrogen) atoms. The van der Waals surface area contributed by atoms with E-state index in [1.807, 2.05) is 18.2 Å². The van der Waals surface area contributed by atoms with Gasteiger partial charge in [-0.3, -0.25) is 4.90 Å². The quantitative estimate of drug-likeness (QED) is 0.880. The molecule has 0 bridgehead atoms. The third kappa shape index (κ3) is 3.70. The van der Waals surface area contributed by atoms with Crippen molar-refractivity contribution >= 4 is 27.5 Å². The highest BCUT2D eigenvalue weighted by molar-refractivity contribution is 9.10. The average molecular weight is 334 g/mol. The van der Waals surface area contributed by atoms with E-state index in [1.54, 1.807) is 0 Å². The highest BCUT2D eigenvalue weighted by Crippen LogP contribution is 2.31. The smallest absolute Gasteiger partial charge is 0.0481 e. The summed E-state index contributed by atoms with van der Waals surface area (Å²) in [5.74, 6) is 0.593. The van der Waals surface area contributed by atoms with Crippen molar-refractivity contribution in [1.82, 2.24) is 4.90 Å². The zero-order valence-corrected chi connectivity index (χ0v) is 13.8. The first-order chi connectivity index (χ1) is 8.38. The summed E-state index contributed by atoms with van der Waals surface area (Å²) < 4.78 is 1.02. The Labute approximate surface area is 124 Å². The molecule has 1 aromatic carbocycles. The molecule has 2 atom stereocenters. The number of halogens is 2. The van der Waals surface area contributed by atoms with Gasteiger partial charge in [0.15, 0.2) is 0 Å². The van der Waals surface area contributed by atoms with Gasteiger partial charge in [0.1, 0.15) is 0 Å². The number of nitrogens with two attached hydrogens (primary N) is 1. The number of likely N-dealkylation sites (N-methyl/N-ethyl adjacent to an activating group) is 1. The van der Waals surface area contributed by atoms with Crippen molar-refractivity contribution in [2.24, 2.45) is 11.7 Å². The van der Waals surface area contributed by atoms with Crippen molar-refractivity contribution in [1.29, 1.82) is 0 Å². The van der Waals surface area contributed by atoms with Crippen LogP contribution in [0.25, 0.3) is 0 Å². The minimum Gasteiger partial charge on any atom is -0.329 e. The molecule has 1 rings (SSSR count). The van der Waals surface area contributed by atoms with E-state index in [4.69, 9.17) is 17.3 Å². The van der Waals surface area contributed by atoms with Crippen LogP contribution < -0.4 is 5.73 Å². The van der Waals surface area contributed by atoms with Gasteiger partial charge in [-0.15, -0.1) is 0 Å². The minimum atomic E-state index is 0.203. The van der Waals surface area contributed by atoms with E-state index in [1.165, 1.54) is 5.56 Å². The van der Waals surface area contributed by atoms with E-state index in [-0.39, 0.29) is 6.04 Å². The maximum atomic E-state index is 5.98. The minimum absolute atomic E-state index is 0.203. The van der Waals surface area contributed by atoms with E-state index < -0.39 is 0 Å². The number of hydrogen-bond acceptors (Lipinski definition) is 2. The molecule has 0 fully saturated rings. The van der Waals surface area contributed by atoms with Gasteiger partial charge in [0, 0.05) is 28.1 Å². The summed E-state index contributed by atoms with van der Waals surface area (Å²) in [7, 11) is 2.13. The van der Waals surface area contributed by atoms with Gasteiger partial charge in [0.25, 0.3) is 0 Å². The van der Waals surface area contributed by atoms with Crippen LogP contribution in [-0.2, 0) is 0 Å². The number of benzene rings is 1. The lowest BCUT2D eigenvalue weighted by molar-refractivity contribution is 0.151. The van der Waals surface area contributed by atoms with E-state index in [9.17, 15) is 0 Å². The molecule has 0 spiro atoms. The van der Waals surface area contributed by atoms with E-state index >= 15 is 0 Å². The van der Waals surface area contributed by atoms with Crippen LogP contribution in [0, 0.1) is 5.92 Å². The molecule has 2 unspecified atom stereocenters. The van der Waals surface area contributed by atoms with Crippen LogP contribution in [-0.4, -0.2) is 24.5 Å². The summed E-state index contributed by atoms with van der Waals surface area (Å²) in [6.45, 7) is 7.28. The number of hydrogen-bond donors (Lipinski definition) is 1. The Morgan fingerprint density at radius 1 is 1.33 bits per heavy atom. The van der Waals surface area contributed by atoms with Gasteiger partial charge in [0.05, 0.1) is 0 Å². The molecule has 0 aliphatic heterocycles. The largest absolute Gasteiger partial charge is 0.329 e. The summed E-state index contributed by atoms with van der Waals surface area (Å²) in [6.07, 6.45) is 0. The second-order valence-corrected chi connectivity index (χ2v) is 6.36. The second-order valence-electron chi connectivity index (χ2n) is 5.07. The molecule has 102 valence electrons. The fourth-order valence-electron chi connectivity index (χ4n) is 2.04. The predicted molar refractivity (Wildman–Crippen MR) is 83.0 cm³/mol. The third-order valence-corrected chi connectivity index (χ3v) is 4.57. The topological polar surface area (TPSA) is 29.3 Å². The molecule has 2 nitrogen and oxygen atoms in total. The Kier molecular flexibility index (Phi) is 6.12. The summed E-state index contributed by atoms with van der Waals surface area (Å²) in [4.78, 5) is 2.33. The van der Waals surface area contributed by atoms with Crippen molar-refractivity contribution in [3.05, 3.63) is 33.3 Å². The lowest BCUT2D eigenvalue weighted by Crippen LogP contribution is -2.39. The van der Waals surface area contributed by atoms with Crippen LogP contribution in [0.2, 0.25) is 5.02 Å². The maximum absolute atomic E-state index is 5.98. The molecule has 2 N–H and O–H groups in total. The maximum Gasteiger partial charge on any atom is 0.0481 e. The molecule has 0 amide bonds. The number of nitrogens with zero attached hydrogens (tertiary/aromatic N) is 1. The van der Waals surface area contributed by atoms with Gasteiger partial charge in [-0.05, 0) is 37.6 Å². The normalized spacial score (nSPS) is 15.2. The molecule has 0 aromatic heterocycles. The monoisotopic (exact) mass is 332 g/mol. The lowest BCUT2D eigenvalue weighted by Gasteiger charge is -2.35. The zero-order valence-electron chi connectivity index (χ0n) is 11.5. The highest BCUT2D eigenvalue weighted by Gasteiger charge is 2.23. The highest BCUT2D eigenvalue weighted by atomic mass is 79.9. The van der Waals surface area contributed by atoms with Crippen molar-refractivity contribution < 1.29 is 0 Å². The lowest BCUT2D eigenvalue weighted by atomic mass is 9.99. The first-order valence-electron chi connectivity index (χ1n) is 6.25. The molecular formula is C14H22BrClN2. The molecule has 4 heteroatoms. The Bertz CT molecular complexity index is 395. The fourth-order valence-corrected chi connectivity index (χ4v) is 2.99. The van der Waals surface area contributed by atoms with Crippen LogP contribution in [0.4, 0.5) is 0 Å². The molecule has 0 aliphatic rings. The molecule has 0 saturated heterocycles. The third-order valence-electron chi connectivity index (χ3n) is 3.64. The predicted octanol–water partition coefficient (Wildman–Crippen LogP) is 4.08. The van der Waals surface area contributed by atoms with Crippen molar-refractivity contribution in [2.75, 3.05) is 13.6 Å². The van der Waals surface area contributed by atoms with Gasteiger partial charge < -0.3 is 5.73 Å². The summed E-state index contributed by atoms with van der Waals surface area (Å²) in [5.41, 5.74) is 7.15. The Hall–Kier alpha value is -0.0900. The van der Waals surface area contributed by atoms with Gasteiger partial charge >= 0.3 is 0 Å². The molecule has 0 aliphatic carbocycles. The standard InChI is InChI=1S/C14H22BrClN2/c1-9(2)10(3)18(4)14(8-17)12-6-5-11(16)7-13(12)15/h5-7,9-10,14H,8,17H2,1-4H3. The fraction of sp³-hybridized carbons (Fsp3) is 0.571. The van der Waals surface area contributed by atoms with Crippen molar-refractivity contribution in [3.63, 3.8) is 0 Å². The molecular weight excluding hydrogens is 312 g/mol. The van der Waals surface area contributed by atoms with Crippen LogP contribution in [0.3, 0.4) is 0 Å². The SMILES string of the molecule is CC(C)C(C)N(C)C(CN)c1ccc(Cl)cc1Br. The van der Waals surface area contributed by atoms with Gasteiger partial charge in [0.2, 0.25) is 0 Å². The summed E-state index contributed by atoms with van der Waals surface area (Å²) >= 11 is 9.56. The van der Waals surface area contributed by atoms with Gasteiger partial charge in [-0.1, -0.05) is 47.4 Å². The molecule has 0 radical (unpaired) electrons. The zero-order chi connectivity index (χ0) is 13.9. The second kappa shape index (κ2) is 6.90. The van der Waals surface area contributed by atoms with Gasteiger partial charge in [-0.25, -0.2) is 0 Å². The Balaban J connectivity index is 3.02. The van der Waals surface area contributed by atoms with Crippen LogP contribution in [0.15, 0.2) is 22.7 Å². The first-order valence-corrected chi connectivity index (χ1v) is 7.42. The molecule has 1 aromatic rings. The van der Waals surface area contributed by atoms with Crippen molar-refractivity contribution in [3.8, 4) is 0 Å².